The molecule has 0 radical (unpaired) electrons. The largest absolute Gasteiger partial charge is 0.298 e. The van der Waals surface area contributed by atoms with Gasteiger partial charge < -0.3 is 0 Å². The molecule has 1 saturated carbocycles. The third-order valence-electron chi connectivity index (χ3n) is 4.24. The van der Waals surface area contributed by atoms with E-state index in [1.165, 1.54) is 12.8 Å². The Bertz CT molecular complexity index is 327. The van der Waals surface area contributed by atoms with Crippen molar-refractivity contribution in [3.05, 3.63) is 10.4 Å². The van der Waals surface area contributed by atoms with E-state index in [4.69, 9.17) is 16.3 Å². The van der Waals surface area contributed by atoms with Gasteiger partial charge in [-0.1, -0.05) is 51.6 Å². The van der Waals surface area contributed by atoms with E-state index in [1.54, 1.807) is 0 Å². The Kier molecular flexibility index (Phi) is 6.80. The van der Waals surface area contributed by atoms with E-state index in [2.05, 4.69) is 30.8 Å². The highest BCUT2D eigenvalue weighted by Crippen LogP contribution is 2.43. The molecule has 0 heterocycles. The lowest BCUT2D eigenvalue weighted by Crippen LogP contribution is -2.19. The van der Waals surface area contributed by atoms with Crippen LogP contribution in [0.5, 0.6) is 0 Å². The van der Waals surface area contributed by atoms with E-state index in [-0.39, 0.29) is 5.60 Å². The topological polar surface area (TPSA) is 84.0 Å². The van der Waals surface area contributed by atoms with Crippen molar-refractivity contribution in [3.63, 3.8) is 0 Å². The molecule has 0 spiro atoms. The molecule has 0 amide bonds. The number of hydrogen-bond donors (Lipinski definition) is 1. The predicted octanol–water partition coefficient (Wildman–Crippen LogP) is 4.72. The number of nitrogens with zero attached hydrogens (tertiary/aromatic N) is 3. The van der Waals surface area contributed by atoms with Crippen LogP contribution >= 0.6 is 0 Å². The van der Waals surface area contributed by atoms with Gasteiger partial charge in [-0.15, -0.1) is 0 Å². The van der Waals surface area contributed by atoms with Gasteiger partial charge in [0.05, 0.1) is 5.60 Å². The average Bonchev–Trinajstić information content (AvgIpc) is 3.14. The zero-order valence-electron chi connectivity index (χ0n) is 13.3. The molecule has 1 rings (SSSR count). The number of hydrogen-bond acceptors (Lipinski definition) is 3. The first-order chi connectivity index (χ1) is 9.41. The molecule has 0 aromatic heterocycles. The maximum atomic E-state index is 8.49. The molecule has 1 atom stereocenters. The van der Waals surface area contributed by atoms with Gasteiger partial charge >= 0.3 is 0 Å². The van der Waals surface area contributed by atoms with Gasteiger partial charge in [0.1, 0.15) is 0 Å². The Balaban J connectivity index is 2.26. The summed E-state index contributed by atoms with van der Waals surface area (Å²) in [5, 5.41) is 3.76. The van der Waals surface area contributed by atoms with E-state index in [1.807, 2.05) is 0 Å². The molecule has 5 nitrogen and oxygen atoms in total. The molecule has 1 aliphatic rings. The summed E-state index contributed by atoms with van der Waals surface area (Å²) in [5.41, 5.74) is 8.86. The molecule has 2 N–H and O–H groups in total. The van der Waals surface area contributed by atoms with Crippen molar-refractivity contribution < 1.29 is 4.84 Å². The highest BCUT2D eigenvalue weighted by molar-refractivity contribution is 4.94. The van der Waals surface area contributed by atoms with E-state index in [0.29, 0.717) is 17.9 Å². The van der Waals surface area contributed by atoms with E-state index in [0.717, 1.165) is 38.5 Å². The molecule has 0 bridgehead atoms. The zero-order valence-corrected chi connectivity index (χ0v) is 13.3. The van der Waals surface area contributed by atoms with Crippen LogP contribution in [-0.4, -0.2) is 12.1 Å². The van der Waals surface area contributed by atoms with Gasteiger partial charge in [-0.05, 0) is 42.5 Å². The molecule has 5 heteroatoms. The van der Waals surface area contributed by atoms with Crippen LogP contribution < -0.4 is 5.90 Å². The van der Waals surface area contributed by atoms with Crippen LogP contribution in [0.1, 0.15) is 72.1 Å². The van der Waals surface area contributed by atoms with Crippen LogP contribution in [-0.2, 0) is 4.84 Å². The summed E-state index contributed by atoms with van der Waals surface area (Å²) in [6, 6.07) is 0. The predicted molar refractivity (Wildman–Crippen MR) is 81.9 cm³/mol. The van der Waals surface area contributed by atoms with E-state index in [9.17, 15) is 0 Å². The standard InChI is InChI=1S/C15H30N4O/c1-14(2,3)8-4-6-13(12-18-19-16)7-5-9-15(20-17)10-11-15/h13H,4-12,17H2,1-3H3. The first-order valence-electron chi connectivity index (χ1n) is 7.80. The molecule has 0 aromatic rings. The van der Waals surface area contributed by atoms with Crippen LogP contribution in [0.15, 0.2) is 5.11 Å². The lowest BCUT2D eigenvalue weighted by Gasteiger charge is -2.21. The summed E-state index contributed by atoms with van der Waals surface area (Å²) < 4.78 is 0. The fourth-order valence-electron chi connectivity index (χ4n) is 2.68. The lowest BCUT2D eigenvalue weighted by molar-refractivity contribution is 0.0234. The minimum Gasteiger partial charge on any atom is -0.298 e. The smallest absolute Gasteiger partial charge is 0.0896 e. The highest BCUT2D eigenvalue weighted by atomic mass is 16.6. The maximum Gasteiger partial charge on any atom is 0.0896 e. The van der Waals surface area contributed by atoms with E-state index < -0.39 is 0 Å². The monoisotopic (exact) mass is 282 g/mol. The zero-order chi connectivity index (χ0) is 15.1. The van der Waals surface area contributed by atoms with Gasteiger partial charge in [0, 0.05) is 11.5 Å². The van der Waals surface area contributed by atoms with E-state index >= 15 is 0 Å². The number of azide groups is 1. The molecular weight excluding hydrogens is 252 g/mol. The van der Waals surface area contributed by atoms with Crippen molar-refractivity contribution in [1.29, 1.82) is 0 Å². The Hall–Kier alpha value is -0.770. The second-order valence-corrected chi connectivity index (χ2v) is 7.43. The van der Waals surface area contributed by atoms with Crippen LogP contribution in [0, 0.1) is 11.3 Å². The van der Waals surface area contributed by atoms with Gasteiger partial charge in [-0.3, -0.25) is 4.84 Å². The molecule has 0 aliphatic heterocycles. The maximum absolute atomic E-state index is 8.49. The van der Waals surface area contributed by atoms with Crippen LogP contribution in [0.25, 0.3) is 10.4 Å². The number of nitrogens with two attached hydrogens (primary N) is 1. The third kappa shape index (κ3) is 7.13. The third-order valence-corrected chi connectivity index (χ3v) is 4.24. The van der Waals surface area contributed by atoms with Gasteiger partial charge in [-0.2, -0.15) is 0 Å². The number of rotatable bonds is 10. The van der Waals surface area contributed by atoms with Gasteiger partial charge in [-0.25, -0.2) is 5.90 Å². The molecule has 20 heavy (non-hydrogen) atoms. The Morgan fingerprint density at radius 2 is 1.95 bits per heavy atom. The molecule has 1 aliphatic carbocycles. The first-order valence-corrected chi connectivity index (χ1v) is 7.80. The van der Waals surface area contributed by atoms with Crippen molar-refractivity contribution in [3.8, 4) is 0 Å². The van der Waals surface area contributed by atoms with Crippen molar-refractivity contribution in [1.82, 2.24) is 0 Å². The van der Waals surface area contributed by atoms with Crippen molar-refractivity contribution in [2.75, 3.05) is 6.54 Å². The van der Waals surface area contributed by atoms with Crippen LogP contribution in [0.3, 0.4) is 0 Å². The minimum atomic E-state index is -0.0194. The first kappa shape index (κ1) is 17.3. The minimum absolute atomic E-state index is 0.0194. The summed E-state index contributed by atoms with van der Waals surface area (Å²) in [7, 11) is 0. The average molecular weight is 282 g/mol. The molecule has 1 unspecified atom stereocenters. The quantitative estimate of drug-likeness (QED) is 0.272. The fraction of sp³-hybridized carbons (Fsp3) is 1.00. The van der Waals surface area contributed by atoms with Gasteiger partial charge in [0.2, 0.25) is 0 Å². The van der Waals surface area contributed by atoms with Gasteiger partial charge in [0.15, 0.2) is 0 Å². The second-order valence-electron chi connectivity index (χ2n) is 7.43. The molecule has 1 fully saturated rings. The second kappa shape index (κ2) is 7.87. The normalized spacial score (nSPS) is 18.4. The Labute approximate surface area is 122 Å². The summed E-state index contributed by atoms with van der Waals surface area (Å²) in [4.78, 5) is 7.95. The summed E-state index contributed by atoms with van der Waals surface area (Å²) >= 11 is 0. The SMILES string of the molecule is CC(C)(C)CCCC(CCCC1(ON)CC1)CN=[N+]=[N-]. The van der Waals surface area contributed by atoms with Crippen LogP contribution in [0.4, 0.5) is 0 Å². The van der Waals surface area contributed by atoms with Gasteiger partial charge in [0.25, 0.3) is 0 Å². The van der Waals surface area contributed by atoms with Crippen molar-refractivity contribution in [2.45, 2.75) is 77.7 Å². The summed E-state index contributed by atoms with van der Waals surface area (Å²) in [6.45, 7) is 7.43. The Morgan fingerprint density at radius 1 is 1.30 bits per heavy atom. The van der Waals surface area contributed by atoms with Crippen molar-refractivity contribution in [2.24, 2.45) is 22.3 Å². The lowest BCUT2D eigenvalue weighted by atomic mass is 9.86. The summed E-state index contributed by atoms with van der Waals surface area (Å²) in [6.07, 6.45) is 9.00. The van der Waals surface area contributed by atoms with Crippen molar-refractivity contribution >= 4 is 0 Å². The summed E-state index contributed by atoms with van der Waals surface area (Å²) in [5.74, 6) is 5.83. The molecule has 0 saturated heterocycles. The molecular formula is C15H30N4O. The molecule has 0 aromatic carbocycles. The fourth-order valence-corrected chi connectivity index (χ4v) is 2.68. The highest BCUT2D eigenvalue weighted by Gasteiger charge is 2.43. The molecule has 116 valence electrons. The van der Waals surface area contributed by atoms with Crippen LogP contribution in [0.2, 0.25) is 0 Å². The Morgan fingerprint density at radius 3 is 2.45 bits per heavy atom.